The molecule has 154 valence electrons. The predicted molar refractivity (Wildman–Crippen MR) is 111 cm³/mol. The van der Waals surface area contributed by atoms with Gasteiger partial charge in [0.2, 0.25) is 0 Å². The van der Waals surface area contributed by atoms with Gasteiger partial charge in [-0.05, 0) is 31.4 Å². The number of nitro groups is 1. The van der Waals surface area contributed by atoms with Crippen molar-refractivity contribution in [2.24, 2.45) is 0 Å². The lowest BCUT2D eigenvalue weighted by molar-refractivity contribution is -0.384. The van der Waals surface area contributed by atoms with E-state index < -0.39 is 4.92 Å². The fraction of sp³-hybridized carbons (Fsp3) is 0.409. The molecule has 0 aliphatic carbocycles. The molecule has 7 heteroatoms. The molecular weight excluding hydrogens is 370 g/mol. The summed E-state index contributed by atoms with van der Waals surface area (Å²) in [5.41, 5.74) is 1.42. The van der Waals surface area contributed by atoms with Crippen LogP contribution >= 0.6 is 0 Å². The number of hydrogen-bond donors (Lipinski definition) is 0. The van der Waals surface area contributed by atoms with Crippen LogP contribution in [0.25, 0.3) is 0 Å². The van der Waals surface area contributed by atoms with Crippen LogP contribution in [-0.2, 0) is 6.54 Å². The molecule has 0 radical (unpaired) electrons. The van der Waals surface area contributed by atoms with Crippen molar-refractivity contribution < 1.29 is 14.5 Å². The molecule has 29 heavy (non-hydrogen) atoms. The van der Waals surface area contributed by atoms with Gasteiger partial charge in [-0.25, -0.2) is 0 Å². The van der Waals surface area contributed by atoms with Gasteiger partial charge in [0.1, 0.15) is 5.75 Å². The fourth-order valence-corrected chi connectivity index (χ4v) is 3.93. The second-order valence-electron chi connectivity index (χ2n) is 7.23. The summed E-state index contributed by atoms with van der Waals surface area (Å²) in [6, 6.07) is 14.6. The van der Waals surface area contributed by atoms with Crippen molar-refractivity contribution in [3.63, 3.8) is 0 Å². The van der Waals surface area contributed by atoms with E-state index in [2.05, 4.69) is 17.0 Å². The summed E-state index contributed by atoms with van der Waals surface area (Å²) in [5.74, 6) is 0.148. The van der Waals surface area contributed by atoms with Crippen molar-refractivity contribution in [3.8, 4) is 5.75 Å². The summed E-state index contributed by atoms with van der Waals surface area (Å²) in [6.07, 6.45) is 1.76. The van der Waals surface area contributed by atoms with Crippen molar-refractivity contribution in [2.45, 2.75) is 32.4 Å². The molecule has 1 amide bonds. The van der Waals surface area contributed by atoms with E-state index in [9.17, 15) is 14.9 Å². The van der Waals surface area contributed by atoms with Crippen LogP contribution < -0.4 is 4.74 Å². The Kier molecular flexibility index (Phi) is 6.82. The van der Waals surface area contributed by atoms with Crippen molar-refractivity contribution >= 4 is 11.6 Å². The SMILES string of the molecule is CCN(C(=O)c1cc([N+](=O)[O-])ccc1OC)C1CCN(Cc2ccccc2)CC1. The summed E-state index contributed by atoms with van der Waals surface area (Å²) in [5, 5.41) is 11.1. The minimum absolute atomic E-state index is 0.108. The fourth-order valence-electron chi connectivity index (χ4n) is 3.93. The van der Waals surface area contributed by atoms with E-state index in [1.807, 2.05) is 30.0 Å². The molecule has 0 spiro atoms. The first-order valence-electron chi connectivity index (χ1n) is 9.93. The molecular formula is C22H27N3O4. The third-order valence-corrected chi connectivity index (χ3v) is 5.47. The molecule has 0 N–H and O–H groups in total. The van der Waals surface area contributed by atoms with E-state index in [0.717, 1.165) is 32.5 Å². The van der Waals surface area contributed by atoms with Crippen LogP contribution in [0.2, 0.25) is 0 Å². The number of methoxy groups -OCH3 is 1. The lowest BCUT2D eigenvalue weighted by atomic mass is 10.0. The summed E-state index contributed by atoms with van der Waals surface area (Å²) >= 11 is 0. The number of nitro benzene ring substituents is 1. The maximum Gasteiger partial charge on any atom is 0.270 e. The summed E-state index contributed by atoms with van der Waals surface area (Å²) in [7, 11) is 1.47. The van der Waals surface area contributed by atoms with Gasteiger partial charge in [0.15, 0.2) is 0 Å². The number of piperidine rings is 1. The van der Waals surface area contributed by atoms with Crippen molar-refractivity contribution in [1.29, 1.82) is 0 Å². The van der Waals surface area contributed by atoms with Crippen molar-refractivity contribution in [3.05, 3.63) is 69.8 Å². The molecule has 1 fully saturated rings. The van der Waals surface area contributed by atoms with E-state index in [0.29, 0.717) is 12.3 Å². The van der Waals surface area contributed by atoms with Gasteiger partial charge in [0.25, 0.3) is 11.6 Å². The Morgan fingerprint density at radius 2 is 1.90 bits per heavy atom. The number of ether oxygens (including phenoxy) is 1. The van der Waals surface area contributed by atoms with Gasteiger partial charge in [0, 0.05) is 44.4 Å². The lowest BCUT2D eigenvalue weighted by Gasteiger charge is -2.38. The number of nitrogens with zero attached hydrogens (tertiary/aromatic N) is 3. The van der Waals surface area contributed by atoms with Gasteiger partial charge < -0.3 is 9.64 Å². The Labute approximate surface area is 171 Å². The zero-order valence-electron chi connectivity index (χ0n) is 16.9. The first-order valence-corrected chi connectivity index (χ1v) is 9.93. The van der Waals surface area contributed by atoms with Gasteiger partial charge >= 0.3 is 0 Å². The van der Waals surface area contributed by atoms with Gasteiger partial charge in [-0.1, -0.05) is 30.3 Å². The standard InChI is InChI=1S/C22H27N3O4/c1-3-24(22(26)20-15-19(25(27)28)9-10-21(20)29-2)18-11-13-23(14-12-18)16-17-7-5-4-6-8-17/h4-10,15,18H,3,11-14,16H2,1-2H3. The average molecular weight is 397 g/mol. The number of hydrogen-bond acceptors (Lipinski definition) is 5. The molecule has 1 heterocycles. The third kappa shape index (κ3) is 4.92. The molecule has 0 unspecified atom stereocenters. The molecule has 1 aliphatic heterocycles. The van der Waals surface area contributed by atoms with Crippen LogP contribution in [0.4, 0.5) is 5.69 Å². The number of rotatable bonds is 7. The van der Waals surface area contributed by atoms with E-state index in [4.69, 9.17) is 4.74 Å². The lowest BCUT2D eigenvalue weighted by Crippen LogP contribution is -2.47. The maximum absolute atomic E-state index is 13.2. The number of carbonyl (C=O) groups is 1. The minimum atomic E-state index is -0.491. The van der Waals surface area contributed by atoms with E-state index in [-0.39, 0.29) is 23.2 Å². The number of likely N-dealkylation sites (tertiary alicyclic amines) is 1. The van der Waals surface area contributed by atoms with Crippen LogP contribution in [0, 0.1) is 10.1 Å². The third-order valence-electron chi connectivity index (χ3n) is 5.47. The Hall–Kier alpha value is -2.93. The predicted octanol–water partition coefficient (Wildman–Crippen LogP) is 3.73. The van der Waals surface area contributed by atoms with Gasteiger partial charge in [-0.2, -0.15) is 0 Å². The van der Waals surface area contributed by atoms with Gasteiger partial charge in [0.05, 0.1) is 17.6 Å². The molecule has 0 saturated carbocycles. The number of non-ortho nitro benzene ring substituents is 1. The highest BCUT2D eigenvalue weighted by molar-refractivity contribution is 5.97. The molecule has 3 rings (SSSR count). The smallest absolute Gasteiger partial charge is 0.270 e. The quantitative estimate of drug-likeness (QED) is 0.526. The molecule has 1 aliphatic rings. The van der Waals surface area contributed by atoms with Crippen LogP contribution in [0.1, 0.15) is 35.7 Å². The topological polar surface area (TPSA) is 75.9 Å². The Morgan fingerprint density at radius 3 is 2.48 bits per heavy atom. The molecule has 2 aromatic carbocycles. The Bertz CT molecular complexity index is 848. The van der Waals surface area contributed by atoms with E-state index in [1.54, 1.807) is 0 Å². The molecule has 0 aromatic heterocycles. The highest BCUT2D eigenvalue weighted by atomic mass is 16.6. The molecule has 2 aromatic rings. The van der Waals surface area contributed by atoms with Gasteiger partial charge in [-0.3, -0.25) is 19.8 Å². The minimum Gasteiger partial charge on any atom is -0.496 e. The second-order valence-corrected chi connectivity index (χ2v) is 7.23. The summed E-state index contributed by atoms with van der Waals surface area (Å²) in [4.78, 5) is 28.1. The first-order chi connectivity index (χ1) is 14.0. The molecule has 0 atom stereocenters. The monoisotopic (exact) mass is 397 g/mol. The first kappa shape index (κ1) is 20.8. The normalized spacial score (nSPS) is 15.1. The molecule has 0 bridgehead atoms. The number of carbonyl (C=O) groups excluding carboxylic acids is 1. The Balaban J connectivity index is 1.69. The van der Waals surface area contributed by atoms with Crippen LogP contribution in [-0.4, -0.2) is 53.4 Å². The van der Waals surface area contributed by atoms with Gasteiger partial charge in [-0.15, -0.1) is 0 Å². The zero-order valence-corrected chi connectivity index (χ0v) is 16.9. The molecule has 1 saturated heterocycles. The maximum atomic E-state index is 13.2. The highest BCUT2D eigenvalue weighted by Gasteiger charge is 2.30. The Morgan fingerprint density at radius 1 is 1.21 bits per heavy atom. The number of amides is 1. The van der Waals surface area contributed by atoms with Crippen LogP contribution in [0.15, 0.2) is 48.5 Å². The largest absolute Gasteiger partial charge is 0.496 e. The highest BCUT2D eigenvalue weighted by Crippen LogP contribution is 2.27. The van der Waals surface area contributed by atoms with Crippen molar-refractivity contribution in [1.82, 2.24) is 9.80 Å². The summed E-state index contributed by atoms with van der Waals surface area (Å²) < 4.78 is 5.29. The van der Waals surface area contributed by atoms with Crippen LogP contribution in [0.5, 0.6) is 5.75 Å². The zero-order chi connectivity index (χ0) is 20.8. The molecule has 7 nitrogen and oxygen atoms in total. The average Bonchev–Trinajstić information content (AvgIpc) is 2.75. The summed E-state index contributed by atoms with van der Waals surface area (Å²) in [6.45, 7) is 5.23. The van der Waals surface area contributed by atoms with Crippen LogP contribution in [0.3, 0.4) is 0 Å². The second kappa shape index (κ2) is 9.52. The van der Waals surface area contributed by atoms with E-state index in [1.165, 1.54) is 30.9 Å². The van der Waals surface area contributed by atoms with Crippen molar-refractivity contribution in [2.75, 3.05) is 26.7 Å². The number of benzene rings is 2. The van der Waals surface area contributed by atoms with E-state index >= 15 is 0 Å².